The number of nitrogens with two attached hydrogens (primary N) is 1. The predicted octanol–water partition coefficient (Wildman–Crippen LogP) is 1.96. The van der Waals surface area contributed by atoms with Gasteiger partial charge in [0.1, 0.15) is 0 Å². The summed E-state index contributed by atoms with van der Waals surface area (Å²) in [5, 5.41) is 8.25. The van der Waals surface area contributed by atoms with E-state index < -0.39 is 5.97 Å². The van der Waals surface area contributed by atoms with Crippen LogP contribution in [-0.4, -0.2) is 17.6 Å². The number of rotatable bonds is 7. The van der Waals surface area contributed by atoms with Crippen LogP contribution >= 0.6 is 12.4 Å². The highest BCUT2D eigenvalue weighted by molar-refractivity contribution is 5.85. The lowest BCUT2D eigenvalue weighted by Crippen LogP contribution is -1.97. The van der Waals surface area contributed by atoms with Gasteiger partial charge in [-0.05, 0) is 25.8 Å². The maximum atomic E-state index is 10.0. The molecule has 0 aromatic heterocycles. The molecule has 0 heterocycles. The van der Waals surface area contributed by atoms with E-state index in [4.69, 9.17) is 10.8 Å². The van der Waals surface area contributed by atoms with Gasteiger partial charge in [0.25, 0.3) is 0 Å². The number of halogens is 1. The zero-order valence-corrected chi connectivity index (χ0v) is 8.55. The van der Waals surface area contributed by atoms with Crippen molar-refractivity contribution in [1.82, 2.24) is 0 Å². The molecule has 0 radical (unpaired) electrons. The molecule has 0 spiro atoms. The summed E-state index contributed by atoms with van der Waals surface area (Å²) < 4.78 is 0. The molecule has 0 atom stereocenters. The second-order valence-electron chi connectivity index (χ2n) is 2.73. The van der Waals surface area contributed by atoms with E-state index in [0.29, 0.717) is 0 Å². The standard InChI is InChI=1S/C9H17NO2.ClH/c10-8-6-4-2-1-3-5-7-9(11)12;/h5,7H,1-4,6,8,10H2,(H,11,12);1H/b7-5+;. The summed E-state index contributed by atoms with van der Waals surface area (Å²) in [6, 6.07) is 0. The Morgan fingerprint density at radius 1 is 1.23 bits per heavy atom. The fourth-order valence-electron chi connectivity index (χ4n) is 0.944. The summed E-state index contributed by atoms with van der Waals surface area (Å²) in [5.74, 6) is -0.864. The minimum Gasteiger partial charge on any atom is -0.478 e. The van der Waals surface area contributed by atoms with Gasteiger partial charge >= 0.3 is 5.97 Å². The van der Waals surface area contributed by atoms with Crippen molar-refractivity contribution in [3.8, 4) is 0 Å². The van der Waals surface area contributed by atoms with Crippen molar-refractivity contribution < 1.29 is 9.90 Å². The largest absolute Gasteiger partial charge is 0.478 e. The number of aliphatic carboxylic acids is 1. The monoisotopic (exact) mass is 207 g/mol. The van der Waals surface area contributed by atoms with Gasteiger partial charge in [0.05, 0.1) is 0 Å². The van der Waals surface area contributed by atoms with Crippen molar-refractivity contribution in [2.45, 2.75) is 32.1 Å². The van der Waals surface area contributed by atoms with E-state index in [-0.39, 0.29) is 12.4 Å². The van der Waals surface area contributed by atoms with E-state index in [1.807, 2.05) is 0 Å². The number of allylic oxidation sites excluding steroid dienone is 1. The molecule has 0 unspecified atom stereocenters. The molecule has 0 aliphatic heterocycles. The van der Waals surface area contributed by atoms with Crippen molar-refractivity contribution in [2.75, 3.05) is 6.54 Å². The lowest BCUT2D eigenvalue weighted by Gasteiger charge is -1.95. The maximum Gasteiger partial charge on any atom is 0.327 e. The summed E-state index contributed by atoms with van der Waals surface area (Å²) >= 11 is 0. The van der Waals surface area contributed by atoms with Gasteiger partial charge in [0, 0.05) is 6.08 Å². The van der Waals surface area contributed by atoms with E-state index in [1.165, 1.54) is 6.08 Å². The number of carbonyl (C=O) groups is 1. The first-order chi connectivity index (χ1) is 5.77. The molecule has 0 saturated heterocycles. The van der Waals surface area contributed by atoms with Crippen LogP contribution in [-0.2, 0) is 4.79 Å². The number of carboxylic acids is 1. The fourth-order valence-corrected chi connectivity index (χ4v) is 0.944. The first-order valence-corrected chi connectivity index (χ1v) is 4.37. The smallest absolute Gasteiger partial charge is 0.327 e. The summed E-state index contributed by atoms with van der Waals surface area (Å²) in [4.78, 5) is 10.0. The first-order valence-electron chi connectivity index (χ1n) is 4.37. The number of carboxylic acid groups (broad SMARTS) is 1. The third-order valence-electron chi connectivity index (χ3n) is 1.59. The third kappa shape index (κ3) is 14.3. The van der Waals surface area contributed by atoms with Crippen LogP contribution in [0.4, 0.5) is 0 Å². The number of hydrogen-bond acceptors (Lipinski definition) is 2. The molecule has 0 rings (SSSR count). The van der Waals surface area contributed by atoms with E-state index in [1.54, 1.807) is 6.08 Å². The molecule has 3 N–H and O–H groups in total. The lowest BCUT2D eigenvalue weighted by atomic mass is 10.1. The zero-order valence-electron chi connectivity index (χ0n) is 7.74. The third-order valence-corrected chi connectivity index (χ3v) is 1.59. The Bertz CT molecular complexity index is 149. The Kier molecular flexibility index (Phi) is 13.2. The van der Waals surface area contributed by atoms with Gasteiger partial charge in [-0.2, -0.15) is 0 Å². The van der Waals surface area contributed by atoms with E-state index in [9.17, 15) is 4.79 Å². The van der Waals surface area contributed by atoms with Crippen LogP contribution in [0.15, 0.2) is 12.2 Å². The van der Waals surface area contributed by atoms with Crippen molar-refractivity contribution in [3.63, 3.8) is 0 Å². The van der Waals surface area contributed by atoms with E-state index in [2.05, 4.69) is 0 Å². The summed E-state index contributed by atoms with van der Waals surface area (Å²) in [5.41, 5.74) is 5.32. The van der Waals surface area contributed by atoms with Gasteiger partial charge in [-0.1, -0.05) is 18.9 Å². The van der Waals surface area contributed by atoms with Crippen LogP contribution in [0.3, 0.4) is 0 Å². The molecular formula is C9H18ClNO2. The van der Waals surface area contributed by atoms with Crippen molar-refractivity contribution in [2.24, 2.45) is 5.73 Å². The molecule has 0 saturated carbocycles. The Hall–Kier alpha value is -0.540. The lowest BCUT2D eigenvalue weighted by molar-refractivity contribution is -0.131. The highest BCUT2D eigenvalue weighted by atomic mass is 35.5. The van der Waals surface area contributed by atoms with Gasteiger partial charge in [-0.15, -0.1) is 12.4 Å². The Labute approximate surface area is 85.4 Å². The molecule has 0 aliphatic rings. The van der Waals surface area contributed by atoms with Gasteiger partial charge in [-0.25, -0.2) is 4.79 Å². The number of hydrogen-bond donors (Lipinski definition) is 2. The Morgan fingerprint density at radius 2 is 1.85 bits per heavy atom. The van der Waals surface area contributed by atoms with Gasteiger partial charge in [0.2, 0.25) is 0 Å². The van der Waals surface area contributed by atoms with E-state index >= 15 is 0 Å². The second kappa shape index (κ2) is 11.5. The SMILES string of the molecule is Cl.NCCCCCC/C=C/C(=O)O. The Balaban J connectivity index is 0. The average Bonchev–Trinajstić information content (AvgIpc) is 2.02. The quantitative estimate of drug-likeness (QED) is 0.496. The number of unbranched alkanes of at least 4 members (excludes halogenated alkanes) is 4. The van der Waals surface area contributed by atoms with Crippen molar-refractivity contribution in [1.29, 1.82) is 0 Å². The summed E-state index contributed by atoms with van der Waals surface area (Å²) in [7, 11) is 0. The molecule has 0 aromatic rings. The molecule has 0 aromatic carbocycles. The molecule has 78 valence electrons. The maximum absolute atomic E-state index is 10.0. The average molecular weight is 208 g/mol. The molecule has 0 bridgehead atoms. The van der Waals surface area contributed by atoms with Crippen molar-refractivity contribution in [3.05, 3.63) is 12.2 Å². The van der Waals surface area contributed by atoms with Gasteiger partial charge in [-0.3, -0.25) is 0 Å². The van der Waals surface area contributed by atoms with Crippen LogP contribution in [0.25, 0.3) is 0 Å². The molecular weight excluding hydrogens is 190 g/mol. The summed E-state index contributed by atoms with van der Waals surface area (Å²) in [6.45, 7) is 0.755. The van der Waals surface area contributed by atoms with Crippen LogP contribution in [0, 0.1) is 0 Å². The predicted molar refractivity (Wildman–Crippen MR) is 56.2 cm³/mol. The molecule has 0 amide bonds. The van der Waals surface area contributed by atoms with Crippen LogP contribution < -0.4 is 5.73 Å². The molecule has 0 aliphatic carbocycles. The normalized spacial score (nSPS) is 9.92. The van der Waals surface area contributed by atoms with E-state index in [0.717, 1.165) is 38.6 Å². The van der Waals surface area contributed by atoms with Crippen LogP contribution in [0.5, 0.6) is 0 Å². The Morgan fingerprint density at radius 3 is 2.38 bits per heavy atom. The zero-order chi connectivity index (χ0) is 9.23. The van der Waals surface area contributed by atoms with Gasteiger partial charge < -0.3 is 10.8 Å². The first kappa shape index (κ1) is 15.0. The molecule has 13 heavy (non-hydrogen) atoms. The molecule has 0 fully saturated rings. The molecule has 4 heteroatoms. The topological polar surface area (TPSA) is 63.3 Å². The second-order valence-corrected chi connectivity index (χ2v) is 2.73. The highest BCUT2D eigenvalue weighted by Crippen LogP contribution is 2.02. The van der Waals surface area contributed by atoms with Crippen LogP contribution in [0.1, 0.15) is 32.1 Å². The van der Waals surface area contributed by atoms with Crippen LogP contribution in [0.2, 0.25) is 0 Å². The minimum atomic E-state index is -0.864. The fraction of sp³-hybridized carbons (Fsp3) is 0.667. The van der Waals surface area contributed by atoms with Crippen molar-refractivity contribution >= 4 is 18.4 Å². The minimum absolute atomic E-state index is 0. The highest BCUT2D eigenvalue weighted by Gasteiger charge is 1.87. The molecule has 3 nitrogen and oxygen atoms in total. The van der Waals surface area contributed by atoms with Gasteiger partial charge in [0.15, 0.2) is 0 Å². The summed E-state index contributed by atoms with van der Waals surface area (Å²) in [6.07, 6.45) is 8.18.